The molecule has 0 saturated carbocycles. The molecular weight excluding hydrogens is 252 g/mol. The highest BCUT2D eigenvalue weighted by atomic mass is 16.5. The quantitative estimate of drug-likeness (QED) is 0.898. The Bertz CT molecular complexity index is 634. The topological polar surface area (TPSA) is 38.7 Å². The number of benzene rings is 2. The van der Waals surface area contributed by atoms with Gasteiger partial charge >= 0.3 is 0 Å². The molecule has 3 nitrogen and oxygen atoms in total. The molecule has 0 unspecified atom stereocenters. The third-order valence-electron chi connectivity index (χ3n) is 4.03. The Kier molecular flexibility index (Phi) is 3.05. The molecule has 1 heterocycles. The van der Waals surface area contributed by atoms with Crippen molar-refractivity contribution in [2.24, 2.45) is 0 Å². The van der Waals surface area contributed by atoms with E-state index in [4.69, 9.17) is 9.47 Å². The van der Waals surface area contributed by atoms with E-state index < -0.39 is 0 Å². The van der Waals surface area contributed by atoms with Crippen LogP contribution < -0.4 is 9.47 Å². The van der Waals surface area contributed by atoms with Crippen LogP contribution in [0.3, 0.4) is 0 Å². The number of phenolic OH excluding ortho intramolecular Hbond substituents is 1. The van der Waals surface area contributed by atoms with Crippen LogP contribution >= 0.6 is 0 Å². The highest BCUT2D eigenvalue weighted by Gasteiger charge is 2.35. The van der Waals surface area contributed by atoms with E-state index in [1.54, 1.807) is 13.2 Å². The number of ether oxygens (including phenoxy) is 2. The lowest BCUT2D eigenvalue weighted by atomic mass is 9.90. The van der Waals surface area contributed by atoms with Crippen molar-refractivity contribution in [2.45, 2.75) is 25.9 Å². The van der Waals surface area contributed by atoms with Gasteiger partial charge in [0.1, 0.15) is 11.9 Å². The van der Waals surface area contributed by atoms with Gasteiger partial charge in [-0.1, -0.05) is 37.3 Å². The van der Waals surface area contributed by atoms with Gasteiger partial charge in [-0.25, -0.2) is 0 Å². The Labute approximate surface area is 118 Å². The minimum absolute atomic E-state index is 0.0172. The number of rotatable bonds is 2. The third kappa shape index (κ3) is 1.82. The van der Waals surface area contributed by atoms with Crippen LogP contribution in [0.15, 0.2) is 36.4 Å². The Hall–Kier alpha value is -2.16. The Balaban J connectivity index is 2.07. The van der Waals surface area contributed by atoms with E-state index >= 15 is 0 Å². The fourth-order valence-electron chi connectivity index (χ4n) is 2.97. The SMILES string of the molecule is COc1cc2c(c(C)c1O)[C@H](C)[C@@H](c1ccccc1)O2. The first-order chi connectivity index (χ1) is 9.63. The summed E-state index contributed by atoms with van der Waals surface area (Å²) in [7, 11) is 1.55. The summed E-state index contributed by atoms with van der Waals surface area (Å²) in [5.74, 6) is 1.67. The third-order valence-corrected chi connectivity index (χ3v) is 4.03. The predicted octanol–water partition coefficient (Wildman–Crippen LogP) is 3.95. The maximum atomic E-state index is 10.2. The highest BCUT2D eigenvalue weighted by molar-refractivity contribution is 5.59. The van der Waals surface area contributed by atoms with Crippen molar-refractivity contribution in [3.8, 4) is 17.2 Å². The lowest BCUT2D eigenvalue weighted by Crippen LogP contribution is -2.07. The highest BCUT2D eigenvalue weighted by Crippen LogP contribution is 2.51. The van der Waals surface area contributed by atoms with Crippen LogP contribution in [0.4, 0.5) is 0 Å². The summed E-state index contributed by atoms with van der Waals surface area (Å²) in [5, 5.41) is 10.2. The zero-order chi connectivity index (χ0) is 14.3. The normalized spacial score (nSPS) is 20.4. The Morgan fingerprint density at radius 1 is 1.20 bits per heavy atom. The lowest BCUT2D eigenvalue weighted by Gasteiger charge is -2.16. The first kappa shape index (κ1) is 12.9. The van der Waals surface area contributed by atoms with E-state index in [0.717, 1.165) is 22.4 Å². The molecule has 104 valence electrons. The second kappa shape index (κ2) is 4.75. The molecule has 3 rings (SSSR count). The first-order valence-electron chi connectivity index (χ1n) is 6.75. The van der Waals surface area contributed by atoms with Gasteiger partial charge in [0, 0.05) is 23.1 Å². The van der Waals surface area contributed by atoms with E-state index in [-0.39, 0.29) is 17.8 Å². The molecular formula is C17H18O3. The number of hydrogen-bond acceptors (Lipinski definition) is 3. The molecule has 0 fully saturated rings. The average molecular weight is 270 g/mol. The van der Waals surface area contributed by atoms with Crippen LogP contribution in [0.25, 0.3) is 0 Å². The minimum Gasteiger partial charge on any atom is -0.504 e. The molecule has 0 amide bonds. The van der Waals surface area contributed by atoms with Crippen molar-refractivity contribution in [3.63, 3.8) is 0 Å². The van der Waals surface area contributed by atoms with Crippen molar-refractivity contribution in [3.05, 3.63) is 53.1 Å². The molecule has 0 saturated heterocycles. The predicted molar refractivity (Wildman–Crippen MR) is 77.6 cm³/mol. The molecule has 0 aliphatic carbocycles. The molecule has 3 heteroatoms. The molecule has 0 aromatic heterocycles. The van der Waals surface area contributed by atoms with Gasteiger partial charge in [0.2, 0.25) is 0 Å². The number of aromatic hydroxyl groups is 1. The van der Waals surface area contributed by atoms with Crippen LogP contribution in [0.2, 0.25) is 0 Å². The van der Waals surface area contributed by atoms with Gasteiger partial charge < -0.3 is 14.6 Å². The molecule has 0 radical (unpaired) electrons. The second-order valence-electron chi connectivity index (χ2n) is 5.20. The number of fused-ring (bicyclic) bond motifs is 1. The smallest absolute Gasteiger partial charge is 0.164 e. The van der Waals surface area contributed by atoms with Gasteiger partial charge in [0.25, 0.3) is 0 Å². The molecule has 1 N–H and O–H groups in total. The Morgan fingerprint density at radius 2 is 1.90 bits per heavy atom. The van der Waals surface area contributed by atoms with E-state index in [0.29, 0.717) is 5.75 Å². The standard InChI is InChI=1S/C17H18O3/c1-10-15-11(2)17(12-7-5-4-6-8-12)20-13(15)9-14(19-3)16(10)18/h4-9,11,17-18H,1-3H3/t11-,17-/m0/s1. The lowest BCUT2D eigenvalue weighted by molar-refractivity contribution is 0.215. The molecule has 1 aliphatic heterocycles. The van der Waals surface area contributed by atoms with E-state index in [1.807, 2.05) is 25.1 Å². The van der Waals surface area contributed by atoms with Crippen molar-refractivity contribution < 1.29 is 14.6 Å². The molecule has 0 bridgehead atoms. The molecule has 20 heavy (non-hydrogen) atoms. The summed E-state index contributed by atoms with van der Waals surface area (Å²) in [6.45, 7) is 4.03. The molecule has 0 spiro atoms. The van der Waals surface area contributed by atoms with Crippen LogP contribution in [-0.4, -0.2) is 12.2 Å². The summed E-state index contributed by atoms with van der Waals surface area (Å²) < 4.78 is 11.3. The van der Waals surface area contributed by atoms with E-state index in [1.165, 1.54) is 0 Å². The molecule has 1 aliphatic rings. The molecule has 2 aromatic carbocycles. The number of phenols is 1. The zero-order valence-electron chi connectivity index (χ0n) is 11.9. The fraction of sp³-hybridized carbons (Fsp3) is 0.294. The van der Waals surface area contributed by atoms with Crippen molar-refractivity contribution in [1.82, 2.24) is 0 Å². The van der Waals surface area contributed by atoms with E-state index in [9.17, 15) is 5.11 Å². The average Bonchev–Trinajstić information content (AvgIpc) is 2.81. The van der Waals surface area contributed by atoms with E-state index in [2.05, 4.69) is 19.1 Å². The summed E-state index contributed by atoms with van der Waals surface area (Å²) in [6, 6.07) is 11.9. The van der Waals surface area contributed by atoms with Crippen molar-refractivity contribution in [2.75, 3.05) is 7.11 Å². The monoisotopic (exact) mass is 270 g/mol. The van der Waals surface area contributed by atoms with Crippen LogP contribution in [0.1, 0.15) is 35.6 Å². The summed E-state index contributed by atoms with van der Waals surface area (Å²) in [6.07, 6.45) is -0.0172. The van der Waals surface area contributed by atoms with Crippen molar-refractivity contribution in [1.29, 1.82) is 0 Å². The summed E-state index contributed by atoms with van der Waals surface area (Å²) in [5.41, 5.74) is 3.05. The molecule has 2 aromatic rings. The maximum Gasteiger partial charge on any atom is 0.164 e. The van der Waals surface area contributed by atoms with Gasteiger partial charge in [-0.3, -0.25) is 0 Å². The number of methoxy groups -OCH3 is 1. The van der Waals surface area contributed by atoms with Crippen LogP contribution in [0, 0.1) is 6.92 Å². The maximum absolute atomic E-state index is 10.2. The largest absolute Gasteiger partial charge is 0.504 e. The summed E-state index contributed by atoms with van der Waals surface area (Å²) in [4.78, 5) is 0. The van der Waals surface area contributed by atoms with Gasteiger partial charge in [-0.2, -0.15) is 0 Å². The number of hydrogen-bond donors (Lipinski definition) is 1. The fourth-order valence-corrected chi connectivity index (χ4v) is 2.97. The van der Waals surface area contributed by atoms with Gasteiger partial charge in [-0.15, -0.1) is 0 Å². The van der Waals surface area contributed by atoms with Gasteiger partial charge in [0.05, 0.1) is 7.11 Å². The summed E-state index contributed by atoms with van der Waals surface area (Å²) >= 11 is 0. The minimum atomic E-state index is -0.0172. The van der Waals surface area contributed by atoms with Gasteiger partial charge in [-0.05, 0) is 12.5 Å². The van der Waals surface area contributed by atoms with Crippen molar-refractivity contribution >= 4 is 0 Å². The van der Waals surface area contributed by atoms with Gasteiger partial charge in [0.15, 0.2) is 11.5 Å². The van der Waals surface area contributed by atoms with Crippen LogP contribution in [-0.2, 0) is 0 Å². The Morgan fingerprint density at radius 3 is 2.55 bits per heavy atom. The first-order valence-corrected chi connectivity index (χ1v) is 6.75. The molecule has 2 atom stereocenters. The second-order valence-corrected chi connectivity index (χ2v) is 5.20. The van der Waals surface area contributed by atoms with Crippen LogP contribution in [0.5, 0.6) is 17.2 Å². The zero-order valence-corrected chi connectivity index (χ0v) is 11.9.